The number of aromatic nitrogens is 2. The SMILES string of the molecule is CS(C)(=O)=Nc1cc(F)c2c(Nc3ccc(F)cc3O[C@@H]3CCCN(CCO)C3)ncnc2c1. The van der Waals surface area contributed by atoms with Crippen LogP contribution in [0.4, 0.5) is 26.0 Å². The molecule has 0 bridgehead atoms. The number of nitrogens with one attached hydrogen (secondary N) is 1. The fourth-order valence-electron chi connectivity index (χ4n) is 3.99. The van der Waals surface area contributed by atoms with Crippen LogP contribution in [0.25, 0.3) is 10.9 Å². The van der Waals surface area contributed by atoms with E-state index in [4.69, 9.17) is 4.74 Å². The number of aliphatic hydroxyl groups is 1. The average Bonchev–Trinajstić information content (AvgIpc) is 2.75. The second kappa shape index (κ2) is 10.2. The first-order valence-electron chi connectivity index (χ1n) is 10.9. The highest BCUT2D eigenvalue weighted by Crippen LogP contribution is 2.34. The van der Waals surface area contributed by atoms with Gasteiger partial charge >= 0.3 is 0 Å². The van der Waals surface area contributed by atoms with E-state index in [1.165, 1.54) is 49.2 Å². The van der Waals surface area contributed by atoms with Crippen LogP contribution in [0, 0.1) is 11.6 Å². The van der Waals surface area contributed by atoms with Crippen molar-refractivity contribution in [1.29, 1.82) is 0 Å². The van der Waals surface area contributed by atoms with Crippen LogP contribution in [0.1, 0.15) is 12.8 Å². The van der Waals surface area contributed by atoms with Crippen LogP contribution in [-0.4, -0.2) is 69.0 Å². The molecular formula is C23H27F2N5O3S. The Hall–Kier alpha value is -2.89. The summed E-state index contributed by atoms with van der Waals surface area (Å²) in [5.41, 5.74) is 0.940. The van der Waals surface area contributed by atoms with E-state index in [0.717, 1.165) is 19.4 Å². The van der Waals surface area contributed by atoms with Gasteiger partial charge in [-0.25, -0.2) is 23.0 Å². The molecule has 0 unspecified atom stereocenters. The normalized spacial score (nSPS) is 17.0. The minimum Gasteiger partial charge on any atom is -0.487 e. The van der Waals surface area contributed by atoms with Gasteiger partial charge in [-0.3, -0.25) is 4.90 Å². The van der Waals surface area contributed by atoms with Crippen LogP contribution in [0.3, 0.4) is 0 Å². The number of nitrogens with zero attached hydrogens (tertiary/aromatic N) is 4. The lowest BCUT2D eigenvalue weighted by atomic mass is 10.1. The van der Waals surface area contributed by atoms with Crippen molar-refractivity contribution in [2.45, 2.75) is 18.9 Å². The smallest absolute Gasteiger partial charge is 0.146 e. The van der Waals surface area contributed by atoms with Crippen molar-refractivity contribution in [3.8, 4) is 5.75 Å². The maximum Gasteiger partial charge on any atom is 0.146 e. The van der Waals surface area contributed by atoms with Gasteiger partial charge in [0.2, 0.25) is 0 Å². The standard InChI is InChI=1S/C23H27F2N5O3S/c1-34(2,32)29-16-11-18(25)22-20(12-16)26-14-27-23(22)28-19-6-5-15(24)10-21(19)33-17-4-3-7-30(13-17)8-9-31/h5-6,10-12,14,17,31H,3-4,7-9,13H2,1-2H3,(H,26,27,28)/t17-/m1/s1. The molecule has 11 heteroatoms. The molecule has 2 N–H and O–H groups in total. The van der Waals surface area contributed by atoms with E-state index in [9.17, 15) is 13.7 Å². The third-order valence-corrected chi connectivity index (χ3v) is 6.02. The molecule has 0 aliphatic carbocycles. The van der Waals surface area contributed by atoms with Gasteiger partial charge in [0, 0.05) is 47.5 Å². The molecule has 1 fully saturated rings. The van der Waals surface area contributed by atoms with Crippen LogP contribution in [0.15, 0.2) is 41.0 Å². The van der Waals surface area contributed by atoms with Crippen molar-refractivity contribution in [1.82, 2.24) is 14.9 Å². The molecular weight excluding hydrogens is 464 g/mol. The summed E-state index contributed by atoms with van der Waals surface area (Å²) in [6.07, 6.45) is 5.73. The fraction of sp³-hybridized carbons (Fsp3) is 0.391. The van der Waals surface area contributed by atoms with Gasteiger partial charge in [0.15, 0.2) is 0 Å². The highest BCUT2D eigenvalue weighted by Gasteiger charge is 2.22. The summed E-state index contributed by atoms with van der Waals surface area (Å²) in [5, 5.41) is 12.4. The molecule has 0 amide bonds. The third kappa shape index (κ3) is 5.96. The summed E-state index contributed by atoms with van der Waals surface area (Å²) < 4.78 is 51.3. The van der Waals surface area contributed by atoms with E-state index in [-0.39, 0.29) is 40.9 Å². The second-order valence-corrected chi connectivity index (χ2v) is 11.0. The van der Waals surface area contributed by atoms with Gasteiger partial charge in [-0.15, -0.1) is 0 Å². The number of anilines is 2. The zero-order valence-electron chi connectivity index (χ0n) is 19.0. The van der Waals surface area contributed by atoms with Gasteiger partial charge in [-0.2, -0.15) is 4.36 Å². The molecule has 2 aromatic carbocycles. The Bertz CT molecular complexity index is 1300. The molecule has 1 aromatic heterocycles. The number of hydrogen-bond acceptors (Lipinski definition) is 8. The minimum absolute atomic E-state index is 0.0639. The molecule has 4 rings (SSSR count). The van der Waals surface area contributed by atoms with Crippen molar-refractivity contribution in [2.24, 2.45) is 4.36 Å². The molecule has 2 heterocycles. The molecule has 8 nitrogen and oxygen atoms in total. The number of benzene rings is 2. The molecule has 1 atom stereocenters. The number of halogens is 2. The lowest BCUT2D eigenvalue weighted by molar-refractivity contribution is 0.0770. The highest BCUT2D eigenvalue weighted by molar-refractivity contribution is 7.92. The first kappa shape index (κ1) is 24.2. The Morgan fingerprint density at radius 3 is 2.85 bits per heavy atom. The Labute approximate surface area is 197 Å². The summed E-state index contributed by atoms with van der Waals surface area (Å²) in [4.78, 5) is 10.4. The van der Waals surface area contributed by atoms with E-state index in [2.05, 4.69) is 24.5 Å². The average molecular weight is 492 g/mol. The second-order valence-electron chi connectivity index (χ2n) is 8.49. The summed E-state index contributed by atoms with van der Waals surface area (Å²) in [7, 11) is -2.47. The number of fused-ring (bicyclic) bond motifs is 1. The van der Waals surface area contributed by atoms with Gasteiger partial charge in [0.1, 0.15) is 35.6 Å². The summed E-state index contributed by atoms with van der Waals surface area (Å²) in [6, 6.07) is 6.80. The topological polar surface area (TPSA) is 99.9 Å². The first-order valence-corrected chi connectivity index (χ1v) is 13.2. The van der Waals surface area contributed by atoms with Crippen LogP contribution in [-0.2, 0) is 9.73 Å². The molecule has 1 aliphatic rings. The Balaban J connectivity index is 1.65. The van der Waals surface area contributed by atoms with E-state index in [1.807, 2.05) is 0 Å². The predicted octanol–water partition coefficient (Wildman–Crippen LogP) is 3.85. The molecule has 0 radical (unpaired) electrons. The van der Waals surface area contributed by atoms with E-state index in [0.29, 0.717) is 18.8 Å². The molecule has 0 saturated carbocycles. The highest BCUT2D eigenvalue weighted by atomic mass is 32.2. The maximum absolute atomic E-state index is 15.0. The van der Waals surface area contributed by atoms with Crippen LogP contribution in [0.5, 0.6) is 5.75 Å². The van der Waals surface area contributed by atoms with Gasteiger partial charge in [0.05, 0.1) is 28.9 Å². The lowest BCUT2D eigenvalue weighted by Gasteiger charge is -2.32. The Morgan fingerprint density at radius 2 is 2.09 bits per heavy atom. The molecule has 3 aromatic rings. The quantitative estimate of drug-likeness (QED) is 0.518. The molecule has 0 spiro atoms. The molecule has 34 heavy (non-hydrogen) atoms. The van der Waals surface area contributed by atoms with Crippen molar-refractivity contribution in [2.75, 3.05) is 44.1 Å². The number of ether oxygens (including phenoxy) is 1. The predicted molar refractivity (Wildman–Crippen MR) is 128 cm³/mol. The van der Waals surface area contributed by atoms with Crippen LogP contribution < -0.4 is 10.1 Å². The number of rotatable bonds is 7. The lowest BCUT2D eigenvalue weighted by Crippen LogP contribution is -2.42. The number of likely N-dealkylation sites (tertiary alicyclic amines) is 1. The van der Waals surface area contributed by atoms with Gasteiger partial charge < -0.3 is 15.2 Å². The monoisotopic (exact) mass is 491 g/mol. The third-order valence-electron chi connectivity index (χ3n) is 5.37. The van der Waals surface area contributed by atoms with E-state index >= 15 is 4.39 Å². The largest absolute Gasteiger partial charge is 0.487 e. The minimum atomic E-state index is -2.47. The zero-order valence-corrected chi connectivity index (χ0v) is 19.8. The summed E-state index contributed by atoms with van der Waals surface area (Å²) >= 11 is 0. The summed E-state index contributed by atoms with van der Waals surface area (Å²) in [5.74, 6) is -0.619. The number of hydrogen-bond donors (Lipinski definition) is 2. The number of β-amino-alcohol motifs (C(OH)–C–C–N with tert-alkyl or cyclic N) is 1. The summed E-state index contributed by atoms with van der Waals surface area (Å²) in [6.45, 7) is 2.11. The van der Waals surface area contributed by atoms with Crippen molar-refractivity contribution < 1.29 is 22.8 Å². The fourth-order valence-corrected chi connectivity index (χ4v) is 4.60. The van der Waals surface area contributed by atoms with Gasteiger partial charge in [0.25, 0.3) is 0 Å². The number of piperidine rings is 1. The molecule has 182 valence electrons. The molecule has 1 saturated heterocycles. The Morgan fingerprint density at radius 1 is 1.26 bits per heavy atom. The van der Waals surface area contributed by atoms with E-state index in [1.54, 1.807) is 0 Å². The van der Waals surface area contributed by atoms with Crippen molar-refractivity contribution in [3.05, 3.63) is 48.3 Å². The van der Waals surface area contributed by atoms with Crippen molar-refractivity contribution in [3.63, 3.8) is 0 Å². The van der Waals surface area contributed by atoms with Gasteiger partial charge in [-0.1, -0.05) is 0 Å². The van der Waals surface area contributed by atoms with E-state index < -0.39 is 21.4 Å². The van der Waals surface area contributed by atoms with Crippen LogP contribution in [0.2, 0.25) is 0 Å². The van der Waals surface area contributed by atoms with Gasteiger partial charge in [-0.05, 0) is 37.6 Å². The van der Waals surface area contributed by atoms with Crippen molar-refractivity contribution >= 4 is 37.8 Å². The van der Waals surface area contributed by atoms with Crippen LogP contribution >= 0.6 is 0 Å². The zero-order chi connectivity index (χ0) is 24.3. The first-order chi connectivity index (χ1) is 16.2. The maximum atomic E-state index is 15.0. The molecule has 1 aliphatic heterocycles. The Kier molecular flexibility index (Phi) is 7.24. The number of aliphatic hydroxyl groups excluding tert-OH is 1.